The summed E-state index contributed by atoms with van der Waals surface area (Å²) in [7, 11) is 1.96. The zero-order valence-corrected chi connectivity index (χ0v) is 12.9. The van der Waals surface area contributed by atoms with E-state index >= 15 is 0 Å². The zero-order valence-electron chi connectivity index (χ0n) is 12.9. The van der Waals surface area contributed by atoms with Gasteiger partial charge in [-0.3, -0.25) is 4.57 Å². The predicted molar refractivity (Wildman–Crippen MR) is 85.8 cm³/mol. The number of rotatable bonds is 3. The second-order valence-electron chi connectivity index (χ2n) is 5.47. The number of benzene rings is 1. The van der Waals surface area contributed by atoms with Gasteiger partial charge in [0.25, 0.3) is 0 Å². The number of nitrogens with one attached hydrogen (secondary N) is 1. The molecule has 0 saturated carbocycles. The number of pyridine rings is 1. The van der Waals surface area contributed by atoms with Crippen molar-refractivity contribution in [2.75, 3.05) is 7.05 Å². The van der Waals surface area contributed by atoms with Crippen molar-refractivity contribution < 1.29 is 0 Å². The molecule has 1 N–H and O–H groups in total. The van der Waals surface area contributed by atoms with E-state index in [-0.39, 0.29) is 6.04 Å². The van der Waals surface area contributed by atoms with Crippen LogP contribution in [0, 0.1) is 13.8 Å². The molecule has 0 bridgehead atoms. The third-order valence-electron chi connectivity index (χ3n) is 4.11. The van der Waals surface area contributed by atoms with Gasteiger partial charge < -0.3 is 5.32 Å². The summed E-state index contributed by atoms with van der Waals surface area (Å²) in [5, 5.41) is 3.28. The Morgan fingerprint density at radius 3 is 2.67 bits per heavy atom. The van der Waals surface area contributed by atoms with Crippen molar-refractivity contribution in [3.8, 4) is 5.82 Å². The Balaban J connectivity index is 2.24. The van der Waals surface area contributed by atoms with Gasteiger partial charge in [-0.05, 0) is 57.1 Å². The predicted octanol–water partition coefficient (Wildman–Crippen LogP) is 3.32. The zero-order chi connectivity index (χ0) is 15.0. The van der Waals surface area contributed by atoms with Crippen molar-refractivity contribution in [2.45, 2.75) is 26.8 Å². The van der Waals surface area contributed by atoms with Gasteiger partial charge in [0, 0.05) is 17.8 Å². The number of fused-ring (bicyclic) bond motifs is 1. The first kappa shape index (κ1) is 13.8. The van der Waals surface area contributed by atoms with E-state index in [1.54, 1.807) is 0 Å². The van der Waals surface area contributed by atoms with Crippen molar-refractivity contribution in [3.05, 3.63) is 53.5 Å². The Morgan fingerprint density at radius 1 is 1.14 bits per heavy atom. The van der Waals surface area contributed by atoms with Crippen molar-refractivity contribution >= 4 is 11.0 Å². The molecular weight excluding hydrogens is 260 g/mol. The van der Waals surface area contributed by atoms with Gasteiger partial charge >= 0.3 is 0 Å². The monoisotopic (exact) mass is 280 g/mol. The number of aryl methyl sites for hydroxylation is 2. The van der Waals surface area contributed by atoms with Crippen LogP contribution < -0.4 is 5.32 Å². The Labute approximate surface area is 124 Å². The Hall–Kier alpha value is -2.20. The molecule has 0 aliphatic rings. The van der Waals surface area contributed by atoms with Crippen LogP contribution in [0.4, 0.5) is 0 Å². The van der Waals surface area contributed by atoms with Crippen molar-refractivity contribution in [3.63, 3.8) is 0 Å². The molecule has 0 radical (unpaired) electrons. The Kier molecular flexibility index (Phi) is 3.47. The molecule has 108 valence electrons. The van der Waals surface area contributed by atoms with Crippen LogP contribution in [0.1, 0.15) is 29.7 Å². The molecule has 0 spiro atoms. The molecule has 1 aromatic carbocycles. The molecule has 0 aliphatic heterocycles. The molecule has 21 heavy (non-hydrogen) atoms. The van der Waals surface area contributed by atoms with Gasteiger partial charge in [-0.1, -0.05) is 6.07 Å². The fourth-order valence-electron chi connectivity index (χ4n) is 2.54. The fourth-order valence-corrected chi connectivity index (χ4v) is 2.54. The van der Waals surface area contributed by atoms with E-state index in [0.29, 0.717) is 0 Å². The summed E-state index contributed by atoms with van der Waals surface area (Å²) in [6.45, 7) is 6.37. The largest absolute Gasteiger partial charge is 0.313 e. The summed E-state index contributed by atoms with van der Waals surface area (Å²) in [4.78, 5) is 9.10. The summed E-state index contributed by atoms with van der Waals surface area (Å²) in [5.41, 5.74) is 5.80. The molecule has 0 fully saturated rings. The summed E-state index contributed by atoms with van der Waals surface area (Å²) in [6.07, 6.45) is 3.69. The lowest BCUT2D eigenvalue weighted by atomic mass is 10.1. The summed E-state index contributed by atoms with van der Waals surface area (Å²) in [6, 6.07) is 8.63. The van der Waals surface area contributed by atoms with Crippen LogP contribution in [0.5, 0.6) is 0 Å². The molecule has 2 aromatic heterocycles. The van der Waals surface area contributed by atoms with E-state index in [2.05, 4.69) is 58.8 Å². The fraction of sp³-hybridized carbons (Fsp3) is 0.294. The average molecular weight is 280 g/mol. The highest BCUT2D eigenvalue weighted by Crippen LogP contribution is 2.25. The summed E-state index contributed by atoms with van der Waals surface area (Å²) < 4.78 is 2.07. The SMILES string of the molecule is CNC(C)c1cccnc1-n1cnc2cc(C)c(C)cc21. The first-order valence-corrected chi connectivity index (χ1v) is 7.18. The molecule has 0 saturated heterocycles. The number of imidazole rings is 1. The van der Waals surface area contributed by atoms with Gasteiger partial charge in [0.05, 0.1) is 11.0 Å². The van der Waals surface area contributed by atoms with Crippen molar-refractivity contribution in [1.82, 2.24) is 19.9 Å². The minimum atomic E-state index is 0.234. The quantitative estimate of drug-likeness (QED) is 0.800. The molecule has 0 aliphatic carbocycles. The smallest absolute Gasteiger partial charge is 0.143 e. The van der Waals surface area contributed by atoms with Gasteiger partial charge in [0.1, 0.15) is 12.1 Å². The third kappa shape index (κ3) is 2.32. The minimum absolute atomic E-state index is 0.234. The van der Waals surface area contributed by atoms with E-state index in [0.717, 1.165) is 22.4 Å². The van der Waals surface area contributed by atoms with Gasteiger partial charge in [-0.15, -0.1) is 0 Å². The highest BCUT2D eigenvalue weighted by atomic mass is 15.1. The van der Waals surface area contributed by atoms with Crippen LogP contribution in [0.2, 0.25) is 0 Å². The molecule has 4 heteroatoms. The van der Waals surface area contributed by atoms with Crippen LogP contribution in [-0.2, 0) is 0 Å². The van der Waals surface area contributed by atoms with Gasteiger partial charge in [-0.25, -0.2) is 9.97 Å². The maximum absolute atomic E-state index is 4.58. The van der Waals surface area contributed by atoms with Gasteiger partial charge in [0.2, 0.25) is 0 Å². The first-order valence-electron chi connectivity index (χ1n) is 7.18. The van der Waals surface area contributed by atoms with E-state index in [4.69, 9.17) is 0 Å². The maximum Gasteiger partial charge on any atom is 0.143 e. The normalized spacial score (nSPS) is 12.8. The van der Waals surface area contributed by atoms with E-state index in [1.807, 2.05) is 25.6 Å². The summed E-state index contributed by atoms with van der Waals surface area (Å²) >= 11 is 0. The molecule has 4 nitrogen and oxygen atoms in total. The number of hydrogen-bond donors (Lipinski definition) is 1. The topological polar surface area (TPSA) is 42.7 Å². The number of hydrogen-bond acceptors (Lipinski definition) is 3. The Morgan fingerprint density at radius 2 is 1.90 bits per heavy atom. The van der Waals surface area contributed by atoms with Crippen LogP contribution >= 0.6 is 0 Å². The number of nitrogens with zero attached hydrogens (tertiary/aromatic N) is 3. The van der Waals surface area contributed by atoms with Gasteiger partial charge in [-0.2, -0.15) is 0 Å². The van der Waals surface area contributed by atoms with Crippen LogP contribution in [0.25, 0.3) is 16.9 Å². The molecule has 3 rings (SSSR count). The second-order valence-corrected chi connectivity index (χ2v) is 5.47. The molecule has 3 aromatic rings. The van der Waals surface area contributed by atoms with Crippen LogP contribution in [-0.4, -0.2) is 21.6 Å². The van der Waals surface area contributed by atoms with E-state index < -0.39 is 0 Å². The van der Waals surface area contributed by atoms with Gasteiger partial charge in [0.15, 0.2) is 0 Å². The van der Waals surface area contributed by atoms with Crippen LogP contribution in [0.15, 0.2) is 36.8 Å². The maximum atomic E-state index is 4.58. The standard InChI is InChI=1S/C17H20N4/c1-11-8-15-16(9-12(11)2)21(10-20-15)17-14(13(3)18-4)6-5-7-19-17/h5-10,13,18H,1-4H3. The van der Waals surface area contributed by atoms with Crippen molar-refractivity contribution in [2.24, 2.45) is 0 Å². The third-order valence-corrected chi connectivity index (χ3v) is 4.11. The first-order chi connectivity index (χ1) is 10.1. The van der Waals surface area contributed by atoms with Crippen molar-refractivity contribution in [1.29, 1.82) is 0 Å². The highest BCUT2D eigenvalue weighted by molar-refractivity contribution is 5.79. The lowest BCUT2D eigenvalue weighted by molar-refractivity contribution is 0.645. The molecule has 1 unspecified atom stereocenters. The number of aromatic nitrogens is 3. The molecule has 0 amide bonds. The minimum Gasteiger partial charge on any atom is -0.313 e. The Bertz CT molecular complexity index is 789. The lowest BCUT2D eigenvalue weighted by Crippen LogP contribution is -2.15. The lowest BCUT2D eigenvalue weighted by Gasteiger charge is -2.15. The van der Waals surface area contributed by atoms with Crippen LogP contribution in [0.3, 0.4) is 0 Å². The second kappa shape index (κ2) is 5.30. The highest BCUT2D eigenvalue weighted by Gasteiger charge is 2.14. The molecule has 1 atom stereocenters. The average Bonchev–Trinajstić information content (AvgIpc) is 2.89. The molecule has 2 heterocycles. The summed E-state index contributed by atoms with van der Waals surface area (Å²) in [5.74, 6) is 0.935. The molecular formula is C17H20N4. The van der Waals surface area contributed by atoms with E-state index in [1.165, 1.54) is 11.1 Å². The van der Waals surface area contributed by atoms with E-state index in [9.17, 15) is 0 Å².